The average Bonchev–Trinajstić information content (AvgIpc) is 2.84. The summed E-state index contributed by atoms with van der Waals surface area (Å²) in [5, 5.41) is 0. The SMILES string of the molecule is CN(C(=O)CCC(=O)c1ccc(I)cc1)[C@H]1CCS(=O)(=O)C1. The highest BCUT2D eigenvalue weighted by Gasteiger charge is 2.32. The number of hydrogen-bond donors (Lipinski definition) is 0. The summed E-state index contributed by atoms with van der Waals surface area (Å²) in [4.78, 5) is 25.6. The van der Waals surface area contributed by atoms with Crippen LogP contribution in [0, 0.1) is 3.57 Å². The Morgan fingerprint density at radius 1 is 1.23 bits per heavy atom. The van der Waals surface area contributed by atoms with Crippen molar-refractivity contribution in [3.05, 3.63) is 33.4 Å². The molecular weight excluding hydrogens is 417 g/mol. The lowest BCUT2D eigenvalue weighted by atomic mass is 10.1. The van der Waals surface area contributed by atoms with E-state index in [9.17, 15) is 18.0 Å². The van der Waals surface area contributed by atoms with Crippen LogP contribution >= 0.6 is 22.6 Å². The molecule has 1 atom stereocenters. The van der Waals surface area contributed by atoms with Crippen molar-refractivity contribution in [3.63, 3.8) is 0 Å². The van der Waals surface area contributed by atoms with Crippen LogP contribution in [0.4, 0.5) is 0 Å². The highest BCUT2D eigenvalue weighted by Crippen LogP contribution is 2.18. The molecule has 1 aromatic rings. The van der Waals surface area contributed by atoms with E-state index in [1.807, 2.05) is 12.1 Å². The van der Waals surface area contributed by atoms with Gasteiger partial charge in [0.05, 0.1) is 11.5 Å². The first-order chi connectivity index (χ1) is 10.3. The molecule has 0 spiro atoms. The quantitative estimate of drug-likeness (QED) is 0.524. The van der Waals surface area contributed by atoms with E-state index in [4.69, 9.17) is 0 Å². The zero-order valence-corrected chi connectivity index (χ0v) is 15.3. The van der Waals surface area contributed by atoms with Gasteiger partial charge in [0.1, 0.15) is 0 Å². The second-order valence-electron chi connectivity index (χ2n) is 5.49. The molecule has 1 aliphatic rings. The molecule has 1 heterocycles. The fraction of sp³-hybridized carbons (Fsp3) is 0.467. The summed E-state index contributed by atoms with van der Waals surface area (Å²) in [7, 11) is -1.40. The number of rotatable bonds is 5. The van der Waals surface area contributed by atoms with Gasteiger partial charge in [0, 0.05) is 35.1 Å². The third-order valence-corrected chi connectivity index (χ3v) is 6.35. The smallest absolute Gasteiger partial charge is 0.223 e. The lowest BCUT2D eigenvalue weighted by Gasteiger charge is -2.23. The van der Waals surface area contributed by atoms with E-state index in [1.54, 1.807) is 19.2 Å². The van der Waals surface area contributed by atoms with E-state index in [0.717, 1.165) is 3.57 Å². The third-order valence-electron chi connectivity index (χ3n) is 3.88. The largest absolute Gasteiger partial charge is 0.342 e. The number of amides is 1. The van der Waals surface area contributed by atoms with Crippen molar-refractivity contribution in [2.45, 2.75) is 25.3 Å². The molecule has 1 saturated heterocycles. The van der Waals surface area contributed by atoms with Crippen LogP contribution in [0.25, 0.3) is 0 Å². The minimum absolute atomic E-state index is 0.0281. The fourth-order valence-electron chi connectivity index (χ4n) is 2.46. The molecule has 22 heavy (non-hydrogen) atoms. The molecule has 1 amide bonds. The first kappa shape index (κ1) is 17.4. The molecule has 120 valence electrons. The van der Waals surface area contributed by atoms with Crippen molar-refractivity contribution >= 4 is 44.1 Å². The van der Waals surface area contributed by atoms with E-state index in [2.05, 4.69) is 22.6 Å². The maximum atomic E-state index is 12.1. The molecule has 0 radical (unpaired) electrons. The molecule has 0 saturated carbocycles. The fourth-order valence-corrected chi connectivity index (χ4v) is 4.60. The van der Waals surface area contributed by atoms with Crippen LogP contribution < -0.4 is 0 Å². The molecule has 0 aliphatic carbocycles. The van der Waals surface area contributed by atoms with Crippen molar-refractivity contribution in [1.82, 2.24) is 4.90 Å². The Hall–Kier alpha value is -0.960. The normalized spacial score (nSPS) is 19.8. The predicted molar refractivity (Wildman–Crippen MR) is 92.6 cm³/mol. The first-order valence-corrected chi connectivity index (χ1v) is 9.93. The summed E-state index contributed by atoms with van der Waals surface area (Å²) in [5.74, 6) is -0.0878. The molecule has 0 N–H and O–H groups in total. The van der Waals surface area contributed by atoms with Gasteiger partial charge in [0.15, 0.2) is 15.6 Å². The maximum Gasteiger partial charge on any atom is 0.223 e. The van der Waals surface area contributed by atoms with Gasteiger partial charge in [0.2, 0.25) is 5.91 Å². The van der Waals surface area contributed by atoms with Crippen LogP contribution in [0.5, 0.6) is 0 Å². The van der Waals surface area contributed by atoms with Crippen LogP contribution in [0.15, 0.2) is 24.3 Å². The minimum atomic E-state index is -3.01. The van der Waals surface area contributed by atoms with E-state index in [-0.39, 0.29) is 42.1 Å². The number of carbonyl (C=O) groups excluding carboxylic acids is 2. The summed E-state index contributed by atoms with van der Waals surface area (Å²) in [6, 6.07) is 6.95. The number of nitrogens with zero attached hydrogens (tertiary/aromatic N) is 1. The maximum absolute atomic E-state index is 12.1. The summed E-state index contributed by atoms with van der Waals surface area (Å²) in [6.07, 6.45) is 0.733. The van der Waals surface area contributed by atoms with Crippen LogP contribution in [0.3, 0.4) is 0 Å². The van der Waals surface area contributed by atoms with Crippen LogP contribution in [-0.2, 0) is 14.6 Å². The summed E-state index contributed by atoms with van der Waals surface area (Å²) < 4.78 is 24.0. The number of halogens is 1. The summed E-state index contributed by atoms with van der Waals surface area (Å²) in [6.45, 7) is 0. The summed E-state index contributed by atoms with van der Waals surface area (Å²) >= 11 is 2.16. The van der Waals surface area contributed by atoms with Crippen molar-refractivity contribution in [2.75, 3.05) is 18.6 Å². The van der Waals surface area contributed by atoms with E-state index in [1.165, 1.54) is 4.90 Å². The average molecular weight is 435 g/mol. The van der Waals surface area contributed by atoms with Gasteiger partial charge in [-0.3, -0.25) is 9.59 Å². The second-order valence-corrected chi connectivity index (χ2v) is 8.97. The van der Waals surface area contributed by atoms with E-state index < -0.39 is 9.84 Å². The topological polar surface area (TPSA) is 71.5 Å². The van der Waals surface area contributed by atoms with Crippen molar-refractivity contribution in [1.29, 1.82) is 0 Å². The van der Waals surface area contributed by atoms with Crippen LogP contribution in [0.2, 0.25) is 0 Å². The van der Waals surface area contributed by atoms with Gasteiger partial charge in [0.25, 0.3) is 0 Å². The predicted octanol–water partition coefficient (Wildman–Crippen LogP) is 1.90. The van der Waals surface area contributed by atoms with Crippen molar-refractivity contribution in [3.8, 4) is 0 Å². The molecule has 1 aromatic carbocycles. The molecule has 1 fully saturated rings. The summed E-state index contributed by atoms with van der Waals surface area (Å²) in [5.41, 5.74) is 0.597. The van der Waals surface area contributed by atoms with Crippen LogP contribution in [0.1, 0.15) is 29.6 Å². The first-order valence-electron chi connectivity index (χ1n) is 7.03. The zero-order chi connectivity index (χ0) is 16.3. The Kier molecular flexibility index (Phi) is 5.60. The van der Waals surface area contributed by atoms with Gasteiger partial charge >= 0.3 is 0 Å². The van der Waals surface area contributed by atoms with Gasteiger partial charge in [-0.25, -0.2) is 8.42 Å². The molecule has 5 nitrogen and oxygen atoms in total. The Labute approximate surface area is 144 Å². The number of Topliss-reactive ketones (excluding diaryl/α,β-unsaturated/α-hetero) is 1. The molecular formula is C15H18INO4S. The molecule has 2 rings (SSSR count). The van der Waals surface area contributed by atoms with E-state index in [0.29, 0.717) is 12.0 Å². The Morgan fingerprint density at radius 2 is 1.86 bits per heavy atom. The highest BCUT2D eigenvalue weighted by molar-refractivity contribution is 14.1. The Balaban J connectivity index is 1.87. The lowest BCUT2D eigenvalue weighted by Crippen LogP contribution is -2.37. The van der Waals surface area contributed by atoms with Crippen LogP contribution in [-0.4, -0.2) is 49.6 Å². The molecule has 0 bridgehead atoms. The third kappa shape index (κ3) is 4.52. The van der Waals surface area contributed by atoms with Crippen molar-refractivity contribution in [2.24, 2.45) is 0 Å². The number of carbonyl (C=O) groups is 2. The van der Waals surface area contributed by atoms with E-state index >= 15 is 0 Å². The molecule has 0 aromatic heterocycles. The van der Waals surface area contributed by atoms with Gasteiger partial charge in [-0.15, -0.1) is 0 Å². The number of hydrogen-bond acceptors (Lipinski definition) is 4. The minimum Gasteiger partial charge on any atom is -0.342 e. The monoisotopic (exact) mass is 435 g/mol. The van der Waals surface area contributed by atoms with Gasteiger partial charge in [-0.1, -0.05) is 12.1 Å². The molecule has 1 aliphatic heterocycles. The lowest BCUT2D eigenvalue weighted by molar-refractivity contribution is -0.131. The molecule has 7 heteroatoms. The standard InChI is InChI=1S/C15H18INO4S/c1-17(13-8-9-22(20,21)10-13)15(19)7-6-14(18)11-2-4-12(16)5-3-11/h2-5,13H,6-10H2,1H3/t13-/m0/s1. The number of ketones is 1. The second kappa shape index (κ2) is 7.08. The van der Waals surface area contributed by atoms with Gasteiger partial charge in [-0.05, 0) is 41.1 Å². The van der Waals surface area contributed by atoms with Gasteiger partial charge in [-0.2, -0.15) is 0 Å². The Bertz CT molecular complexity index is 669. The van der Waals surface area contributed by atoms with Gasteiger partial charge < -0.3 is 4.90 Å². The van der Waals surface area contributed by atoms with Crippen molar-refractivity contribution < 1.29 is 18.0 Å². The zero-order valence-electron chi connectivity index (χ0n) is 12.3. The number of sulfone groups is 1. The number of benzene rings is 1. The molecule has 0 unspecified atom stereocenters. The highest BCUT2D eigenvalue weighted by atomic mass is 127. The Morgan fingerprint density at radius 3 is 2.41 bits per heavy atom.